The van der Waals surface area contributed by atoms with E-state index in [0.29, 0.717) is 0 Å². The van der Waals surface area contributed by atoms with Gasteiger partial charge in [-0.15, -0.1) is 0 Å². The summed E-state index contributed by atoms with van der Waals surface area (Å²) in [7, 11) is 3.90. The van der Waals surface area contributed by atoms with E-state index in [4.69, 9.17) is 23.7 Å². The van der Waals surface area contributed by atoms with Gasteiger partial charge in [0.1, 0.15) is 6.10 Å². The Morgan fingerprint density at radius 2 is 1.70 bits per heavy atom. The topological polar surface area (TPSA) is 109 Å². The van der Waals surface area contributed by atoms with E-state index < -0.39 is 41.6 Å². The molecule has 0 radical (unpaired) electrons. The highest BCUT2D eigenvalue weighted by molar-refractivity contribution is 6.17. The largest absolute Gasteiger partial charge is 0.467 e. The van der Waals surface area contributed by atoms with Gasteiger partial charge in [0.15, 0.2) is 6.10 Å². The van der Waals surface area contributed by atoms with Gasteiger partial charge < -0.3 is 23.7 Å². The zero-order chi connectivity index (χ0) is 17.4. The first-order valence-electron chi connectivity index (χ1n) is 6.82. The first-order chi connectivity index (χ1) is 10.7. The number of imide groups is 1. The van der Waals surface area contributed by atoms with Crippen LogP contribution < -0.4 is 5.32 Å². The summed E-state index contributed by atoms with van der Waals surface area (Å²) in [5, 5.41) is 2.09. The SMILES string of the molecule is COC(=O)[C@@H]1O[C@@](C)(OC)[C@](C)(OC)O[C@@H]1C1=CC(=O)NC1=O. The molecule has 9 heteroatoms. The lowest BCUT2D eigenvalue weighted by atomic mass is 9.98. The Morgan fingerprint density at radius 3 is 2.13 bits per heavy atom. The Kier molecular flexibility index (Phi) is 4.58. The number of hydrogen-bond acceptors (Lipinski definition) is 8. The molecule has 0 aromatic rings. The van der Waals surface area contributed by atoms with Gasteiger partial charge in [-0.3, -0.25) is 14.9 Å². The van der Waals surface area contributed by atoms with Crippen LogP contribution in [-0.2, 0) is 38.1 Å². The van der Waals surface area contributed by atoms with Crippen LogP contribution in [0.1, 0.15) is 13.8 Å². The second kappa shape index (κ2) is 6.00. The van der Waals surface area contributed by atoms with E-state index in [2.05, 4.69) is 5.32 Å². The molecule has 0 aliphatic carbocycles. The molecule has 2 aliphatic heterocycles. The molecule has 1 saturated heterocycles. The van der Waals surface area contributed by atoms with Crippen LogP contribution in [0.5, 0.6) is 0 Å². The molecule has 0 spiro atoms. The number of carbonyl (C=O) groups is 3. The zero-order valence-electron chi connectivity index (χ0n) is 13.5. The van der Waals surface area contributed by atoms with Crippen LogP contribution in [0.4, 0.5) is 0 Å². The number of methoxy groups -OCH3 is 3. The van der Waals surface area contributed by atoms with E-state index in [0.717, 1.165) is 6.08 Å². The van der Waals surface area contributed by atoms with E-state index in [-0.39, 0.29) is 5.57 Å². The number of nitrogens with one attached hydrogen (secondary N) is 1. The van der Waals surface area contributed by atoms with Crippen LogP contribution in [-0.4, -0.2) is 62.9 Å². The summed E-state index contributed by atoms with van der Waals surface area (Å²) in [6.45, 7) is 3.06. The number of rotatable bonds is 4. The summed E-state index contributed by atoms with van der Waals surface area (Å²) in [5.41, 5.74) is -0.0492. The van der Waals surface area contributed by atoms with Crippen LogP contribution in [0, 0.1) is 0 Å². The van der Waals surface area contributed by atoms with Gasteiger partial charge in [-0.1, -0.05) is 0 Å². The van der Waals surface area contributed by atoms with Gasteiger partial charge in [0, 0.05) is 20.3 Å². The van der Waals surface area contributed by atoms with E-state index >= 15 is 0 Å². The number of carbonyl (C=O) groups excluding carboxylic acids is 3. The van der Waals surface area contributed by atoms with Crippen molar-refractivity contribution in [3.8, 4) is 0 Å². The summed E-state index contributed by atoms with van der Waals surface area (Å²) in [5.74, 6) is -4.93. The maximum atomic E-state index is 12.1. The van der Waals surface area contributed by atoms with E-state index in [1.807, 2.05) is 0 Å². The zero-order valence-corrected chi connectivity index (χ0v) is 13.5. The van der Waals surface area contributed by atoms with Crippen LogP contribution in [0.15, 0.2) is 11.6 Å². The number of ether oxygens (including phenoxy) is 5. The summed E-state index contributed by atoms with van der Waals surface area (Å²) >= 11 is 0. The maximum Gasteiger partial charge on any atom is 0.338 e. The number of hydrogen-bond donors (Lipinski definition) is 1. The van der Waals surface area contributed by atoms with Gasteiger partial charge >= 0.3 is 5.97 Å². The fourth-order valence-electron chi connectivity index (χ4n) is 2.44. The molecule has 2 rings (SSSR count). The molecule has 23 heavy (non-hydrogen) atoms. The van der Waals surface area contributed by atoms with Crippen molar-refractivity contribution in [2.75, 3.05) is 21.3 Å². The lowest BCUT2D eigenvalue weighted by Crippen LogP contribution is -2.67. The lowest BCUT2D eigenvalue weighted by molar-refractivity contribution is -0.438. The molecule has 0 unspecified atom stereocenters. The predicted molar refractivity (Wildman–Crippen MR) is 73.8 cm³/mol. The summed E-state index contributed by atoms with van der Waals surface area (Å²) in [6.07, 6.45) is -1.45. The minimum atomic E-state index is -1.45. The summed E-state index contributed by atoms with van der Waals surface area (Å²) < 4.78 is 26.9. The van der Waals surface area contributed by atoms with Gasteiger partial charge in [-0.2, -0.15) is 0 Å². The quantitative estimate of drug-likeness (QED) is 0.530. The van der Waals surface area contributed by atoms with Gasteiger partial charge in [0.05, 0.1) is 12.7 Å². The number of esters is 1. The van der Waals surface area contributed by atoms with Crippen molar-refractivity contribution in [2.24, 2.45) is 0 Å². The van der Waals surface area contributed by atoms with Gasteiger partial charge in [-0.25, -0.2) is 4.79 Å². The van der Waals surface area contributed by atoms with E-state index in [1.165, 1.54) is 35.2 Å². The fourth-order valence-corrected chi connectivity index (χ4v) is 2.44. The van der Waals surface area contributed by atoms with Crippen molar-refractivity contribution < 1.29 is 38.1 Å². The molecule has 0 saturated carbocycles. The monoisotopic (exact) mass is 329 g/mol. The first kappa shape index (κ1) is 17.5. The third-order valence-corrected chi connectivity index (χ3v) is 4.11. The lowest BCUT2D eigenvalue weighted by Gasteiger charge is -2.51. The molecule has 2 heterocycles. The average Bonchev–Trinajstić information content (AvgIpc) is 2.87. The second-order valence-electron chi connectivity index (χ2n) is 5.32. The molecule has 1 fully saturated rings. The average molecular weight is 329 g/mol. The molecule has 2 amide bonds. The molecule has 4 atom stereocenters. The minimum absolute atomic E-state index is 0.0492. The van der Waals surface area contributed by atoms with E-state index in [9.17, 15) is 14.4 Å². The van der Waals surface area contributed by atoms with Crippen molar-refractivity contribution in [2.45, 2.75) is 37.6 Å². The Labute approximate surface area is 132 Å². The molecule has 0 aromatic carbocycles. The minimum Gasteiger partial charge on any atom is -0.467 e. The highest BCUT2D eigenvalue weighted by Crippen LogP contribution is 2.41. The summed E-state index contributed by atoms with van der Waals surface area (Å²) in [6, 6.07) is 0. The smallest absolute Gasteiger partial charge is 0.338 e. The third-order valence-electron chi connectivity index (χ3n) is 4.11. The van der Waals surface area contributed by atoms with Crippen LogP contribution in [0.25, 0.3) is 0 Å². The second-order valence-corrected chi connectivity index (χ2v) is 5.32. The van der Waals surface area contributed by atoms with Gasteiger partial charge in [-0.05, 0) is 13.8 Å². The van der Waals surface area contributed by atoms with Crippen LogP contribution in [0.3, 0.4) is 0 Å². The Morgan fingerprint density at radius 1 is 1.13 bits per heavy atom. The van der Waals surface area contributed by atoms with Crippen molar-refractivity contribution in [1.82, 2.24) is 5.32 Å². The molecular formula is C14H19NO8. The predicted octanol–water partition coefficient (Wildman–Crippen LogP) is -0.749. The summed E-state index contributed by atoms with van der Waals surface area (Å²) in [4.78, 5) is 35.4. The molecule has 0 bridgehead atoms. The van der Waals surface area contributed by atoms with Crippen molar-refractivity contribution in [1.29, 1.82) is 0 Å². The van der Waals surface area contributed by atoms with Crippen molar-refractivity contribution in [3.05, 3.63) is 11.6 Å². The van der Waals surface area contributed by atoms with Crippen molar-refractivity contribution >= 4 is 17.8 Å². The molecule has 9 nitrogen and oxygen atoms in total. The molecule has 128 valence electrons. The van der Waals surface area contributed by atoms with E-state index in [1.54, 1.807) is 0 Å². The fraction of sp³-hybridized carbons (Fsp3) is 0.643. The normalized spacial score (nSPS) is 37.3. The third kappa shape index (κ3) is 2.76. The molecule has 1 N–H and O–H groups in total. The Hall–Kier alpha value is -1.81. The molecular weight excluding hydrogens is 310 g/mol. The maximum absolute atomic E-state index is 12.1. The van der Waals surface area contributed by atoms with Gasteiger partial charge in [0.2, 0.25) is 11.6 Å². The Bertz CT molecular complexity index is 573. The van der Waals surface area contributed by atoms with Crippen LogP contribution in [0.2, 0.25) is 0 Å². The van der Waals surface area contributed by atoms with Crippen molar-refractivity contribution in [3.63, 3.8) is 0 Å². The standard InChI is InChI=1S/C14H19NO8/c1-13(20-4)14(2,21-5)23-10(12(18)19-3)9(22-13)7-6-8(16)15-11(7)17/h6,9-10H,1-5H3,(H,15,16,17)/t9-,10-,13-,14-/m1/s1. The molecule has 2 aliphatic rings. The van der Waals surface area contributed by atoms with Gasteiger partial charge in [0.25, 0.3) is 11.8 Å². The molecule has 0 aromatic heterocycles. The first-order valence-corrected chi connectivity index (χ1v) is 6.82. The Balaban J connectivity index is 2.46. The highest BCUT2D eigenvalue weighted by atomic mass is 16.8. The number of amides is 2. The highest BCUT2D eigenvalue weighted by Gasteiger charge is 2.60. The van der Waals surface area contributed by atoms with Crippen LogP contribution >= 0.6 is 0 Å².